The van der Waals surface area contributed by atoms with Crippen LogP contribution in [0.1, 0.15) is 24.1 Å². The average Bonchev–Trinajstić information content (AvgIpc) is 2.34. The predicted molar refractivity (Wildman–Crippen MR) is 75.7 cm³/mol. The first-order valence-corrected chi connectivity index (χ1v) is 6.88. The quantitative estimate of drug-likeness (QED) is 0.827. The second kappa shape index (κ2) is 6.15. The highest BCUT2D eigenvalue weighted by Crippen LogP contribution is 2.17. The molecule has 1 aromatic heterocycles. The fourth-order valence-electron chi connectivity index (χ4n) is 2.77. The molecule has 4 heteroatoms. The summed E-state index contributed by atoms with van der Waals surface area (Å²) in [5.41, 5.74) is 2.36. The summed E-state index contributed by atoms with van der Waals surface area (Å²) >= 11 is 0. The second-order valence-corrected chi connectivity index (χ2v) is 5.68. The van der Waals surface area contributed by atoms with Gasteiger partial charge in [0.2, 0.25) is 5.91 Å². The van der Waals surface area contributed by atoms with E-state index < -0.39 is 0 Å². The number of amides is 1. The molecule has 104 valence electrons. The van der Waals surface area contributed by atoms with Crippen molar-refractivity contribution in [3.8, 4) is 0 Å². The first kappa shape index (κ1) is 14.0. The minimum atomic E-state index is 0.281. The van der Waals surface area contributed by atoms with Gasteiger partial charge in [-0.15, -0.1) is 0 Å². The summed E-state index contributed by atoms with van der Waals surface area (Å²) in [6.45, 7) is 4.89. The maximum atomic E-state index is 11.5. The van der Waals surface area contributed by atoms with Crippen molar-refractivity contribution in [2.75, 3.05) is 27.2 Å². The molecule has 0 spiro atoms. The molecule has 2 rings (SSSR count). The number of rotatable bonds is 4. The monoisotopic (exact) mass is 261 g/mol. The van der Waals surface area contributed by atoms with Crippen LogP contribution in [0.5, 0.6) is 0 Å². The van der Waals surface area contributed by atoms with E-state index in [2.05, 4.69) is 29.1 Å². The summed E-state index contributed by atoms with van der Waals surface area (Å²) in [7, 11) is 4.05. The maximum absolute atomic E-state index is 11.5. The Kier molecular flexibility index (Phi) is 4.53. The largest absolute Gasteiger partial charge is 0.345 e. The lowest BCUT2D eigenvalue weighted by molar-refractivity contribution is -0.133. The highest BCUT2D eigenvalue weighted by Gasteiger charge is 2.23. The third-order valence-corrected chi connectivity index (χ3v) is 3.71. The minimum Gasteiger partial charge on any atom is -0.345 e. The molecule has 1 aliphatic rings. The van der Waals surface area contributed by atoms with Crippen molar-refractivity contribution in [2.24, 2.45) is 5.92 Å². The highest BCUT2D eigenvalue weighted by molar-refractivity contribution is 5.76. The molecule has 1 aromatic rings. The predicted octanol–water partition coefficient (Wildman–Crippen LogP) is 1.69. The number of nitrogens with zero attached hydrogens (tertiary/aromatic N) is 3. The summed E-state index contributed by atoms with van der Waals surface area (Å²) in [6.07, 6.45) is 3.58. The zero-order valence-corrected chi connectivity index (χ0v) is 12.1. The van der Waals surface area contributed by atoms with Gasteiger partial charge in [0.05, 0.1) is 0 Å². The lowest BCUT2D eigenvalue weighted by Gasteiger charge is -2.32. The normalized spacial score (nSPS) is 20.1. The summed E-state index contributed by atoms with van der Waals surface area (Å²) in [5, 5.41) is 0. The van der Waals surface area contributed by atoms with Gasteiger partial charge in [-0.2, -0.15) is 0 Å². The Labute approximate surface area is 115 Å². The van der Waals surface area contributed by atoms with Gasteiger partial charge in [0, 0.05) is 45.0 Å². The summed E-state index contributed by atoms with van der Waals surface area (Å²) < 4.78 is 0. The summed E-state index contributed by atoms with van der Waals surface area (Å²) in [4.78, 5) is 19.9. The van der Waals surface area contributed by atoms with E-state index in [1.807, 2.05) is 25.1 Å². The molecule has 0 bridgehead atoms. The Bertz CT molecular complexity index is 447. The lowest BCUT2D eigenvalue weighted by atomic mass is 9.97. The molecule has 2 heterocycles. The fourth-order valence-corrected chi connectivity index (χ4v) is 2.77. The molecule has 1 aliphatic heterocycles. The van der Waals surface area contributed by atoms with E-state index in [1.54, 1.807) is 0 Å². The standard InChI is InChI=1S/C15H23N3O/c1-12-8-13(6-7-16-12)9-17(2)10-14-4-5-15(19)18(3)11-14/h6-8,14H,4-5,9-11H2,1-3H3. The molecule has 1 fully saturated rings. The molecule has 1 atom stereocenters. The number of carbonyl (C=O) groups is 1. The number of aryl methyl sites for hydroxylation is 1. The van der Waals surface area contributed by atoms with Crippen LogP contribution in [0.25, 0.3) is 0 Å². The van der Waals surface area contributed by atoms with E-state index in [9.17, 15) is 4.79 Å². The molecular weight excluding hydrogens is 238 g/mol. The highest BCUT2D eigenvalue weighted by atomic mass is 16.2. The van der Waals surface area contributed by atoms with Crippen molar-refractivity contribution in [3.05, 3.63) is 29.6 Å². The van der Waals surface area contributed by atoms with E-state index in [1.165, 1.54) is 5.56 Å². The van der Waals surface area contributed by atoms with Gasteiger partial charge in [0.15, 0.2) is 0 Å². The van der Waals surface area contributed by atoms with Crippen molar-refractivity contribution in [2.45, 2.75) is 26.3 Å². The summed E-state index contributed by atoms with van der Waals surface area (Å²) in [6, 6.07) is 4.20. The molecule has 0 radical (unpaired) electrons. The number of piperidine rings is 1. The summed E-state index contributed by atoms with van der Waals surface area (Å²) in [5.74, 6) is 0.874. The molecule has 0 N–H and O–H groups in total. The molecule has 4 nitrogen and oxygen atoms in total. The minimum absolute atomic E-state index is 0.281. The van der Waals surface area contributed by atoms with Crippen LogP contribution in [-0.2, 0) is 11.3 Å². The van der Waals surface area contributed by atoms with Gasteiger partial charge >= 0.3 is 0 Å². The van der Waals surface area contributed by atoms with Crippen LogP contribution in [0, 0.1) is 12.8 Å². The zero-order chi connectivity index (χ0) is 13.8. The lowest BCUT2D eigenvalue weighted by Crippen LogP contribution is -2.41. The molecule has 19 heavy (non-hydrogen) atoms. The number of hydrogen-bond donors (Lipinski definition) is 0. The van der Waals surface area contributed by atoms with Crippen molar-refractivity contribution in [3.63, 3.8) is 0 Å². The number of hydrogen-bond acceptors (Lipinski definition) is 3. The van der Waals surface area contributed by atoms with E-state index >= 15 is 0 Å². The van der Waals surface area contributed by atoms with Crippen LogP contribution < -0.4 is 0 Å². The van der Waals surface area contributed by atoms with Crippen LogP contribution in [0.15, 0.2) is 18.3 Å². The first-order chi connectivity index (χ1) is 9.04. The third-order valence-electron chi connectivity index (χ3n) is 3.71. The number of aromatic nitrogens is 1. The maximum Gasteiger partial charge on any atom is 0.222 e. The topological polar surface area (TPSA) is 36.4 Å². The molecular formula is C15H23N3O. The van der Waals surface area contributed by atoms with E-state index in [0.29, 0.717) is 12.3 Å². The van der Waals surface area contributed by atoms with Gasteiger partial charge in [-0.3, -0.25) is 9.78 Å². The third kappa shape index (κ3) is 4.03. The van der Waals surface area contributed by atoms with Crippen LogP contribution in [0.3, 0.4) is 0 Å². The van der Waals surface area contributed by atoms with Crippen molar-refractivity contribution < 1.29 is 4.79 Å². The van der Waals surface area contributed by atoms with Gasteiger partial charge in [-0.05, 0) is 44.0 Å². The van der Waals surface area contributed by atoms with Gasteiger partial charge in [0.1, 0.15) is 0 Å². The molecule has 0 aromatic carbocycles. The van der Waals surface area contributed by atoms with Crippen LogP contribution in [-0.4, -0.2) is 47.9 Å². The first-order valence-electron chi connectivity index (χ1n) is 6.88. The molecule has 0 aliphatic carbocycles. The molecule has 1 amide bonds. The van der Waals surface area contributed by atoms with Crippen molar-refractivity contribution in [1.82, 2.24) is 14.8 Å². The molecule has 0 saturated carbocycles. The Morgan fingerprint density at radius 2 is 2.32 bits per heavy atom. The second-order valence-electron chi connectivity index (χ2n) is 5.68. The Hall–Kier alpha value is -1.42. The van der Waals surface area contributed by atoms with Gasteiger partial charge in [-0.25, -0.2) is 0 Å². The Balaban J connectivity index is 1.84. The van der Waals surface area contributed by atoms with Gasteiger partial charge in [0.25, 0.3) is 0 Å². The van der Waals surface area contributed by atoms with Crippen LogP contribution >= 0.6 is 0 Å². The van der Waals surface area contributed by atoms with Crippen molar-refractivity contribution >= 4 is 5.91 Å². The Morgan fingerprint density at radius 1 is 1.53 bits per heavy atom. The number of likely N-dealkylation sites (tertiary alicyclic amines) is 1. The Morgan fingerprint density at radius 3 is 3.00 bits per heavy atom. The smallest absolute Gasteiger partial charge is 0.222 e. The molecule has 1 saturated heterocycles. The SMILES string of the molecule is Cc1cc(CN(C)CC2CCC(=O)N(C)C2)ccn1. The van der Waals surface area contributed by atoms with Crippen LogP contribution in [0.4, 0.5) is 0 Å². The fraction of sp³-hybridized carbons (Fsp3) is 0.600. The number of carbonyl (C=O) groups excluding carboxylic acids is 1. The van der Waals surface area contributed by atoms with Gasteiger partial charge in [-0.1, -0.05) is 0 Å². The van der Waals surface area contributed by atoms with E-state index in [4.69, 9.17) is 0 Å². The van der Waals surface area contributed by atoms with E-state index in [0.717, 1.165) is 31.7 Å². The zero-order valence-electron chi connectivity index (χ0n) is 12.1. The number of pyridine rings is 1. The average molecular weight is 261 g/mol. The van der Waals surface area contributed by atoms with Crippen molar-refractivity contribution in [1.29, 1.82) is 0 Å². The van der Waals surface area contributed by atoms with E-state index in [-0.39, 0.29) is 5.91 Å². The molecule has 1 unspecified atom stereocenters. The van der Waals surface area contributed by atoms with Crippen LogP contribution in [0.2, 0.25) is 0 Å². The van der Waals surface area contributed by atoms with Gasteiger partial charge < -0.3 is 9.80 Å².